The SMILES string of the molecule is Cc1cc(CN(C)C(=O)c2ccc(Cn3cncn3)cc2)no1. The standard InChI is InChI=1S/C16H17N5O2/c1-12-7-15(19-23-12)9-20(2)16(22)14-5-3-13(4-6-14)8-21-11-17-10-18-21/h3-7,10-11H,8-9H2,1-2H3. The maximum absolute atomic E-state index is 12.4. The van der Waals surface area contributed by atoms with E-state index >= 15 is 0 Å². The zero-order chi connectivity index (χ0) is 16.2. The summed E-state index contributed by atoms with van der Waals surface area (Å²) < 4.78 is 6.75. The first-order chi connectivity index (χ1) is 11.1. The van der Waals surface area contributed by atoms with Gasteiger partial charge in [0.15, 0.2) is 0 Å². The summed E-state index contributed by atoms with van der Waals surface area (Å²) in [6.07, 6.45) is 3.16. The van der Waals surface area contributed by atoms with Gasteiger partial charge in [-0.05, 0) is 24.6 Å². The monoisotopic (exact) mass is 311 g/mol. The van der Waals surface area contributed by atoms with Crippen molar-refractivity contribution in [2.75, 3.05) is 7.05 Å². The molecule has 1 amide bonds. The van der Waals surface area contributed by atoms with E-state index in [0.29, 0.717) is 18.7 Å². The highest BCUT2D eigenvalue weighted by molar-refractivity contribution is 5.94. The van der Waals surface area contributed by atoms with Crippen LogP contribution in [0.1, 0.15) is 27.4 Å². The van der Waals surface area contributed by atoms with Crippen LogP contribution in [-0.2, 0) is 13.1 Å². The minimum absolute atomic E-state index is 0.0574. The number of benzene rings is 1. The van der Waals surface area contributed by atoms with Crippen LogP contribution in [0.2, 0.25) is 0 Å². The van der Waals surface area contributed by atoms with Gasteiger partial charge in [-0.1, -0.05) is 17.3 Å². The fraction of sp³-hybridized carbons (Fsp3) is 0.250. The second-order valence-electron chi connectivity index (χ2n) is 5.38. The Morgan fingerprint density at radius 1 is 1.30 bits per heavy atom. The average molecular weight is 311 g/mol. The van der Waals surface area contributed by atoms with Crippen molar-refractivity contribution in [3.05, 3.63) is 65.6 Å². The fourth-order valence-corrected chi connectivity index (χ4v) is 2.28. The zero-order valence-electron chi connectivity index (χ0n) is 13.0. The van der Waals surface area contributed by atoms with Gasteiger partial charge in [0.05, 0.1) is 13.1 Å². The Kier molecular flexibility index (Phi) is 4.18. The summed E-state index contributed by atoms with van der Waals surface area (Å²) in [7, 11) is 1.75. The number of rotatable bonds is 5. The summed E-state index contributed by atoms with van der Waals surface area (Å²) >= 11 is 0. The van der Waals surface area contributed by atoms with Crippen molar-refractivity contribution in [2.45, 2.75) is 20.0 Å². The minimum atomic E-state index is -0.0574. The molecule has 0 radical (unpaired) electrons. The van der Waals surface area contributed by atoms with Gasteiger partial charge < -0.3 is 9.42 Å². The Bertz CT molecular complexity index is 777. The van der Waals surface area contributed by atoms with Crippen LogP contribution in [0.3, 0.4) is 0 Å². The Morgan fingerprint density at radius 2 is 2.09 bits per heavy atom. The van der Waals surface area contributed by atoms with Crippen molar-refractivity contribution in [1.82, 2.24) is 24.8 Å². The highest BCUT2D eigenvalue weighted by Crippen LogP contribution is 2.11. The number of aryl methyl sites for hydroxylation is 1. The molecule has 1 aromatic carbocycles. The number of amides is 1. The van der Waals surface area contributed by atoms with Crippen molar-refractivity contribution < 1.29 is 9.32 Å². The zero-order valence-corrected chi connectivity index (χ0v) is 13.0. The number of nitrogens with zero attached hydrogens (tertiary/aromatic N) is 5. The molecule has 0 bridgehead atoms. The molecular formula is C16H17N5O2. The first kappa shape index (κ1) is 15.0. The largest absolute Gasteiger partial charge is 0.361 e. The van der Waals surface area contributed by atoms with E-state index in [0.717, 1.165) is 17.0 Å². The lowest BCUT2D eigenvalue weighted by Gasteiger charge is -2.15. The summed E-state index contributed by atoms with van der Waals surface area (Å²) in [5, 5.41) is 7.96. The third-order valence-corrected chi connectivity index (χ3v) is 3.43. The molecule has 0 aliphatic heterocycles. The third kappa shape index (κ3) is 3.63. The first-order valence-corrected chi connectivity index (χ1v) is 7.21. The van der Waals surface area contributed by atoms with Gasteiger partial charge in [-0.3, -0.25) is 4.79 Å². The molecule has 118 valence electrons. The molecule has 0 aliphatic carbocycles. The second-order valence-corrected chi connectivity index (χ2v) is 5.38. The average Bonchev–Trinajstić information content (AvgIpc) is 3.19. The van der Waals surface area contributed by atoms with Gasteiger partial charge in [0.1, 0.15) is 24.1 Å². The second kappa shape index (κ2) is 6.43. The number of aromatic nitrogens is 4. The van der Waals surface area contributed by atoms with E-state index < -0.39 is 0 Å². The van der Waals surface area contributed by atoms with Gasteiger partial charge in [0.2, 0.25) is 0 Å². The molecule has 7 heteroatoms. The number of hydrogen-bond acceptors (Lipinski definition) is 5. The molecule has 0 unspecified atom stereocenters. The van der Waals surface area contributed by atoms with Crippen molar-refractivity contribution >= 4 is 5.91 Å². The Labute approximate surface area is 133 Å². The van der Waals surface area contributed by atoms with Gasteiger partial charge in [0, 0.05) is 18.7 Å². The Hall–Kier alpha value is -2.96. The molecule has 3 aromatic rings. The van der Waals surface area contributed by atoms with E-state index in [1.54, 1.807) is 23.0 Å². The summed E-state index contributed by atoms with van der Waals surface area (Å²) in [5.74, 6) is 0.677. The topological polar surface area (TPSA) is 77.1 Å². The summed E-state index contributed by atoms with van der Waals surface area (Å²) in [6.45, 7) is 2.87. The van der Waals surface area contributed by atoms with E-state index in [9.17, 15) is 4.79 Å². The number of carbonyl (C=O) groups excluding carboxylic acids is 1. The first-order valence-electron chi connectivity index (χ1n) is 7.21. The van der Waals surface area contributed by atoms with E-state index in [2.05, 4.69) is 15.2 Å². The van der Waals surface area contributed by atoms with Gasteiger partial charge >= 0.3 is 0 Å². The molecule has 0 spiro atoms. The molecular weight excluding hydrogens is 294 g/mol. The summed E-state index contributed by atoms with van der Waals surface area (Å²) in [4.78, 5) is 17.9. The van der Waals surface area contributed by atoms with Crippen LogP contribution in [0.5, 0.6) is 0 Å². The van der Waals surface area contributed by atoms with E-state index in [-0.39, 0.29) is 5.91 Å². The minimum Gasteiger partial charge on any atom is -0.361 e. The van der Waals surface area contributed by atoms with E-state index in [4.69, 9.17) is 4.52 Å². The normalized spacial score (nSPS) is 10.7. The molecule has 7 nitrogen and oxygen atoms in total. The number of hydrogen-bond donors (Lipinski definition) is 0. The van der Waals surface area contributed by atoms with Crippen molar-refractivity contribution in [3.63, 3.8) is 0 Å². The molecule has 0 aliphatic rings. The molecule has 0 saturated heterocycles. The lowest BCUT2D eigenvalue weighted by atomic mass is 10.1. The number of carbonyl (C=O) groups is 1. The van der Waals surface area contributed by atoms with Gasteiger partial charge in [-0.25, -0.2) is 9.67 Å². The van der Waals surface area contributed by atoms with Crippen molar-refractivity contribution in [2.24, 2.45) is 0 Å². The maximum atomic E-state index is 12.4. The fourth-order valence-electron chi connectivity index (χ4n) is 2.28. The van der Waals surface area contributed by atoms with Crippen LogP contribution in [0.15, 0.2) is 47.5 Å². The van der Waals surface area contributed by atoms with Crippen LogP contribution < -0.4 is 0 Å². The molecule has 0 N–H and O–H groups in total. The van der Waals surface area contributed by atoms with E-state index in [1.165, 1.54) is 6.33 Å². The van der Waals surface area contributed by atoms with Gasteiger partial charge in [0.25, 0.3) is 5.91 Å². The van der Waals surface area contributed by atoms with Crippen LogP contribution in [0.4, 0.5) is 0 Å². The smallest absolute Gasteiger partial charge is 0.253 e. The van der Waals surface area contributed by atoms with Crippen LogP contribution in [0.25, 0.3) is 0 Å². The van der Waals surface area contributed by atoms with Crippen LogP contribution in [-0.4, -0.2) is 37.8 Å². The van der Waals surface area contributed by atoms with Crippen LogP contribution in [0, 0.1) is 6.92 Å². The van der Waals surface area contributed by atoms with Crippen molar-refractivity contribution in [3.8, 4) is 0 Å². The molecule has 2 heterocycles. The molecule has 3 rings (SSSR count). The molecule has 2 aromatic heterocycles. The van der Waals surface area contributed by atoms with Crippen molar-refractivity contribution in [1.29, 1.82) is 0 Å². The highest BCUT2D eigenvalue weighted by Gasteiger charge is 2.13. The van der Waals surface area contributed by atoms with Gasteiger partial charge in [-0.15, -0.1) is 0 Å². The Morgan fingerprint density at radius 3 is 2.70 bits per heavy atom. The maximum Gasteiger partial charge on any atom is 0.253 e. The van der Waals surface area contributed by atoms with E-state index in [1.807, 2.05) is 37.3 Å². The quantitative estimate of drug-likeness (QED) is 0.719. The third-order valence-electron chi connectivity index (χ3n) is 3.43. The molecule has 0 atom stereocenters. The lowest BCUT2D eigenvalue weighted by molar-refractivity contribution is 0.0782. The molecule has 0 fully saturated rings. The summed E-state index contributed by atoms with van der Waals surface area (Å²) in [5.41, 5.74) is 2.43. The predicted molar refractivity (Wildman–Crippen MR) is 82.6 cm³/mol. The van der Waals surface area contributed by atoms with Crippen LogP contribution >= 0.6 is 0 Å². The van der Waals surface area contributed by atoms with Gasteiger partial charge in [-0.2, -0.15) is 5.10 Å². The Balaban J connectivity index is 1.64. The predicted octanol–water partition coefficient (Wildman–Crippen LogP) is 1.90. The molecule has 23 heavy (non-hydrogen) atoms. The lowest BCUT2D eigenvalue weighted by Crippen LogP contribution is -2.26. The molecule has 0 saturated carbocycles. The summed E-state index contributed by atoms with van der Waals surface area (Å²) in [6, 6.07) is 9.30. The highest BCUT2D eigenvalue weighted by atomic mass is 16.5.